The van der Waals surface area contributed by atoms with Gasteiger partial charge in [-0.1, -0.05) is 11.6 Å². The minimum absolute atomic E-state index is 0.0812. The molecular formula is C20H16ClN5OS. The number of carbonyl (C=O) groups excluding carboxylic acids is 1. The van der Waals surface area contributed by atoms with Crippen LogP contribution in [0.5, 0.6) is 0 Å². The Morgan fingerprint density at radius 3 is 2.82 bits per heavy atom. The van der Waals surface area contributed by atoms with Gasteiger partial charge in [-0.2, -0.15) is 5.10 Å². The molecule has 0 atom stereocenters. The Bertz CT molecular complexity index is 1080. The summed E-state index contributed by atoms with van der Waals surface area (Å²) in [5.74, 6) is -0.0812. The Labute approximate surface area is 170 Å². The van der Waals surface area contributed by atoms with Gasteiger partial charge in [-0.05, 0) is 36.4 Å². The Morgan fingerprint density at radius 1 is 1.18 bits per heavy atom. The van der Waals surface area contributed by atoms with E-state index < -0.39 is 0 Å². The highest BCUT2D eigenvalue weighted by atomic mass is 35.5. The highest BCUT2D eigenvalue weighted by Gasteiger charge is 2.10. The highest BCUT2D eigenvalue weighted by molar-refractivity contribution is 7.13. The number of halogens is 1. The maximum atomic E-state index is 12.2. The second-order valence-corrected chi connectivity index (χ2v) is 7.40. The van der Waals surface area contributed by atoms with Crippen molar-refractivity contribution in [3.63, 3.8) is 0 Å². The predicted molar refractivity (Wildman–Crippen MR) is 109 cm³/mol. The van der Waals surface area contributed by atoms with Crippen LogP contribution >= 0.6 is 22.9 Å². The number of hydrogen-bond donors (Lipinski definition) is 1. The molecule has 0 aliphatic heterocycles. The van der Waals surface area contributed by atoms with E-state index in [9.17, 15) is 4.79 Å². The van der Waals surface area contributed by atoms with Crippen LogP contribution in [0.1, 0.15) is 11.3 Å². The number of hydrogen-bond acceptors (Lipinski definition) is 5. The average Bonchev–Trinajstić information content (AvgIpc) is 3.37. The summed E-state index contributed by atoms with van der Waals surface area (Å²) in [6, 6.07) is 11.2. The molecular weight excluding hydrogens is 394 g/mol. The zero-order valence-corrected chi connectivity index (χ0v) is 16.3. The van der Waals surface area contributed by atoms with Crippen LogP contribution in [-0.2, 0) is 17.8 Å². The number of carbonyl (C=O) groups is 1. The van der Waals surface area contributed by atoms with E-state index in [-0.39, 0.29) is 12.3 Å². The number of nitrogens with zero attached hydrogens (tertiary/aromatic N) is 4. The summed E-state index contributed by atoms with van der Waals surface area (Å²) in [6.07, 6.45) is 7.34. The van der Waals surface area contributed by atoms with Gasteiger partial charge in [0.1, 0.15) is 5.01 Å². The molecule has 6 nitrogen and oxygen atoms in total. The summed E-state index contributed by atoms with van der Waals surface area (Å²) in [7, 11) is 0. The lowest BCUT2D eigenvalue weighted by molar-refractivity contribution is -0.120. The molecule has 0 saturated carbocycles. The molecule has 0 unspecified atom stereocenters. The van der Waals surface area contributed by atoms with E-state index in [2.05, 4.69) is 20.4 Å². The SMILES string of the molecule is O=C(Cc1csc(-c2cccnc2)n1)NCc1cnn(-c2ccc(Cl)cc2)c1. The zero-order valence-electron chi connectivity index (χ0n) is 14.7. The van der Waals surface area contributed by atoms with Crippen molar-refractivity contribution in [3.8, 4) is 16.3 Å². The van der Waals surface area contributed by atoms with E-state index in [1.807, 2.05) is 48.0 Å². The summed E-state index contributed by atoms with van der Waals surface area (Å²) >= 11 is 7.41. The average molecular weight is 410 g/mol. The molecule has 1 amide bonds. The molecule has 4 rings (SSSR count). The van der Waals surface area contributed by atoms with E-state index in [1.165, 1.54) is 11.3 Å². The molecule has 140 valence electrons. The monoisotopic (exact) mass is 409 g/mol. The molecule has 3 aromatic heterocycles. The number of benzene rings is 1. The Balaban J connectivity index is 1.33. The van der Waals surface area contributed by atoms with Crippen LogP contribution in [0.25, 0.3) is 16.3 Å². The lowest BCUT2D eigenvalue weighted by Crippen LogP contribution is -2.24. The normalized spacial score (nSPS) is 10.8. The van der Waals surface area contributed by atoms with Crippen molar-refractivity contribution in [2.75, 3.05) is 0 Å². The van der Waals surface area contributed by atoms with Gasteiger partial charge in [-0.15, -0.1) is 11.3 Å². The smallest absolute Gasteiger partial charge is 0.226 e. The molecule has 4 aromatic rings. The number of aromatic nitrogens is 4. The molecule has 0 radical (unpaired) electrons. The summed E-state index contributed by atoms with van der Waals surface area (Å²) in [6.45, 7) is 0.409. The largest absolute Gasteiger partial charge is 0.352 e. The summed E-state index contributed by atoms with van der Waals surface area (Å²) in [5, 5.41) is 10.7. The zero-order chi connectivity index (χ0) is 19.3. The topological polar surface area (TPSA) is 72.7 Å². The van der Waals surface area contributed by atoms with E-state index in [0.717, 1.165) is 27.5 Å². The summed E-state index contributed by atoms with van der Waals surface area (Å²) in [5.41, 5.74) is 3.52. The first-order valence-corrected chi connectivity index (χ1v) is 9.84. The maximum Gasteiger partial charge on any atom is 0.226 e. The molecule has 28 heavy (non-hydrogen) atoms. The fourth-order valence-electron chi connectivity index (χ4n) is 2.62. The van der Waals surface area contributed by atoms with Gasteiger partial charge in [0.05, 0.1) is 24.0 Å². The van der Waals surface area contributed by atoms with Gasteiger partial charge in [0, 0.05) is 46.7 Å². The first-order chi connectivity index (χ1) is 13.7. The molecule has 0 spiro atoms. The van der Waals surface area contributed by atoms with E-state index in [0.29, 0.717) is 11.6 Å². The first-order valence-electron chi connectivity index (χ1n) is 8.58. The van der Waals surface area contributed by atoms with Crippen LogP contribution in [0.3, 0.4) is 0 Å². The summed E-state index contributed by atoms with van der Waals surface area (Å²) < 4.78 is 1.75. The Morgan fingerprint density at radius 2 is 2.04 bits per heavy atom. The number of amides is 1. The number of thiazole rings is 1. The van der Waals surface area contributed by atoms with Crippen LogP contribution in [0, 0.1) is 0 Å². The predicted octanol–water partition coefficient (Wildman–Crippen LogP) is 3.90. The van der Waals surface area contributed by atoms with Crippen LogP contribution in [-0.4, -0.2) is 25.7 Å². The minimum Gasteiger partial charge on any atom is -0.352 e. The molecule has 8 heteroatoms. The van der Waals surface area contributed by atoms with Crippen LogP contribution in [0.15, 0.2) is 66.6 Å². The van der Waals surface area contributed by atoms with E-state index in [1.54, 1.807) is 23.3 Å². The van der Waals surface area contributed by atoms with Crippen molar-refractivity contribution in [2.24, 2.45) is 0 Å². The third-order valence-corrected chi connectivity index (χ3v) is 5.21. The van der Waals surface area contributed by atoms with E-state index in [4.69, 9.17) is 11.6 Å². The van der Waals surface area contributed by atoms with Crippen molar-refractivity contribution < 1.29 is 4.79 Å². The quantitative estimate of drug-likeness (QED) is 0.524. The van der Waals surface area contributed by atoms with Crippen molar-refractivity contribution in [3.05, 3.63) is 82.8 Å². The third-order valence-electron chi connectivity index (χ3n) is 4.02. The summed E-state index contributed by atoms with van der Waals surface area (Å²) in [4.78, 5) is 20.9. The van der Waals surface area contributed by atoms with Crippen LogP contribution in [0.4, 0.5) is 0 Å². The van der Waals surface area contributed by atoms with Gasteiger partial charge < -0.3 is 5.32 Å². The standard InChI is InChI=1S/C20H16ClN5OS/c21-16-3-5-18(6-4-16)26-12-14(10-24-26)9-23-19(27)8-17-13-28-20(25-17)15-2-1-7-22-11-15/h1-7,10-13H,8-9H2,(H,23,27). The fraction of sp³-hybridized carbons (Fsp3) is 0.100. The van der Waals surface area contributed by atoms with Gasteiger partial charge in [0.15, 0.2) is 0 Å². The van der Waals surface area contributed by atoms with Crippen molar-refractivity contribution in [2.45, 2.75) is 13.0 Å². The highest BCUT2D eigenvalue weighted by Crippen LogP contribution is 2.22. The molecule has 0 bridgehead atoms. The number of rotatable bonds is 6. The molecule has 1 aromatic carbocycles. The fourth-order valence-corrected chi connectivity index (χ4v) is 3.56. The number of nitrogens with one attached hydrogen (secondary N) is 1. The Hall–Kier alpha value is -3.03. The lowest BCUT2D eigenvalue weighted by Gasteiger charge is -2.02. The Kier molecular flexibility index (Phi) is 5.45. The lowest BCUT2D eigenvalue weighted by atomic mass is 10.3. The second-order valence-electron chi connectivity index (χ2n) is 6.11. The molecule has 1 N–H and O–H groups in total. The van der Waals surface area contributed by atoms with Gasteiger partial charge in [-0.3, -0.25) is 9.78 Å². The van der Waals surface area contributed by atoms with Gasteiger partial charge in [0.25, 0.3) is 0 Å². The van der Waals surface area contributed by atoms with Gasteiger partial charge in [-0.25, -0.2) is 9.67 Å². The minimum atomic E-state index is -0.0812. The van der Waals surface area contributed by atoms with Crippen LogP contribution < -0.4 is 5.32 Å². The number of pyridine rings is 1. The molecule has 0 aliphatic rings. The maximum absolute atomic E-state index is 12.2. The molecule has 0 aliphatic carbocycles. The molecule has 0 saturated heterocycles. The van der Waals surface area contributed by atoms with Gasteiger partial charge in [0.2, 0.25) is 5.91 Å². The molecule has 0 fully saturated rings. The van der Waals surface area contributed by atoms with Crippen molar-refractivity contribution >= 4 is 28.8 Å². The second kappa shape index (κ2) is 8.33. The van der Waals surface area contributed by atoms with Crippen LogP contribution in [0.2, 0.25) is 5.02 Å². The van der Waals surface area contributed by atoms with Crippen molar-refractivity contribution in [1.29, 1.82) is 0 Å². The van der Waals surface area contributed by atoms with Gasteiger partial charge >= 0.3 is 0 Å². The first kappa shape index (κ1) is 18.3. The molecule has 3 heterocycles. The van der Waals surface area contributed by atoms with Crippen molar-refractivity contribution in [1.82, 2.24) is 25.1 Å². The van der Waals surface area contributed by atoms with E-state index >= 15 is 0 Å². The third kappa shape index (κ3) is 4.44.